The summed E-state index contributed by atoms with van der Waals surface area (Å²) in [7, 11) is 0. The highest BCUT2D eigenvalue weighted by Gasteiger charge is 2.59. The van der Waals surface area contributed by atoms with E-state index in [2.05, 4.69) is 15.3 Å². The van der Waals surface area contributed by atoms with Crippen molar-refractivity contribution in [1.29, 1.82) is 0 Å². The first kappa shape index (κ1) is 16.3. The van der Waals surface area contributed by atoms with E-state index in [9.17, 15) is 28.5 Å². The molecule has 3 heterocycles. The van der Waals surface area contributed by atoms with E-state index in [1.807, 2.05) is 0 Å². The fraction of sp³-hybridized carbons (Fsp3) is 0.667. The Bertz CT molecular complexity index is 589. The van der Waals surface area contributed by atoms with Crippen molar-refractivity contribution in [2.45, 2.75) is 36.3 Å². The van der Waals surface area contributed by atoms with Crippen LogP contribution in [0.15, 0.2) is 12.4 Å². The predicted molar refractivity (Wildman–Crippen MR) is 67.1 cm³/mol. The number of aromatic nitrogens is 2. The highest BCUT2D eigenvalue weighted by atomic mass is 19.4. The average Bonchev–Trinajstić information content (AvgIpc) is 2.92. The van der Waals surface area contributed by atoms with Crippen LogP contribution in [0.3, 0.4) is 0 Å². The third-order valence-corrected chi connectivity index (χ3v) is 3.87. The first-order valence-corrected chi connectivity index (χ1v) is 6.69. The number of hydrogen-bond donors (Lipinski definition) is 4. The summed E-state index contributed by atoms with van der Waals surface area (Å²) in [6, 6.07) is -1.08. The van der Waals surface area contributed by atoms with Crippen molar-refractivity contribution in [1.82, 2.24) is 9.97 Å². The molecule has 3 rings (SSSR count). The molecule has 0 aliphatic carbocycles. The molecule has 5 atom stereocenters. The molecule has 2 aliphatic rings. The van der Waals surface area contributed by atoms with Crippen LogP contribution in [0.4, 0.5) is 19.0 Å². The lowest BCUT2D eigenvalue weighted by molar-refractivity contribution is -0.224. The third kappa shape index (κ3) is 2.74. The van der Waals surface area contributed by atoms with Crippen molar-refractivity contribution < 1.29 is 38.0 Å². The van der Waals surface area contributed by atoms with Crippen molar-refractivity contribution in [3.63, 3.8) is 0 Å². The number of alkyl halides is 3. The number of ether oxygens (including phenoxy) is 2. The highest BCUT2D eigenvalue weighted by Crippen LogP contribution is 2.37. The second-order valence-electron chi connectivity index (χ2n) is 5.41. The quantitative estimate of drug-likeness (QED) is 0.562. The molecule has 23 heavy (non-hydrogen) atoms. The summed E-state index contributed by atoms with van der Waals surface area (Å²) in [4.78, 5) is 6.81. The minimum atomic E-state index is -4.66. The van der Waals surface area contributed by atoms with Gasteiger partial charge in [0.2, 0.25) is 0 Å². The Morgan fingerprint density at radius 3 is 2.74 bits per heavy atom. The zero-order valence-corrected chi connectivity index (χ0v) is 11.6. The van der Waals surface area contributed by atoms with Crippen LogP contribution in [0.2, 0.25) is 0 Å². The molecule has 11 heteroatoms. The van der Waals surface area contributed by atoms with Gasteiger partial charge in [-0.2, -0.15) is 13.2 Å². The van der Waals surface area contributed by atoms with Gasteiger partial charge in [0.15, 0.2) is 12.0 Å². The maximum atomic E-state index is 12.6. The second-order valence-corrected chi connectivity index (χ2v) is 5.41. The molecule has 0 amide bonds. The number of rotatable bonds is 3. The van der Waals surface area contributed by atoms with Crippen molar-refractivity contribution in [3.05, 3.63) is 18.1 Å². The molecule has 4 N–H and O–H groups in total. The first-order chi connectivity index (χ1) is 10.8. The molecular weight excluding hydrogens is 323 g/mol. The number of aliphatic hydroxyl groups excluding tert-OH is 3. The van der Waals surface area contributed by atoms with Crippen LogP contribution < -0.4 is 5.32 Å². The lowest BCUT2D eigenvalue weighted by Crippen LogP contribution is -2.64. The maximum absolute atomic E-state index is 12.6. The summed E-state index contributed by atoms with van der Waals surface area (Å²) in [5.74, 6) is -0.258. The van der Waals surface area contributed by atoms with E-state index in [1.54, 1.807) is 0 Å². The fourth-order valence-electron chi connectivity index (χ4n) is 2.60. The molecule has 0 aromatic carbocycles. The van der Waals surface area contributed by atoms with Crippen LogP contribution in [0, 0.1) is 0 Å². The molecule has 0 unspecified atom stereocenters. The predicted octanol–water partition coefficient (Wildman–Crippen LogP) is -0.885. The lowest BCUT2D eigenvalue weighted by atomic mass is 9.88. The Morgan fingerprint density at radius 2 is 2.09 bits per heavy atom. The molecular formula is C12H14F3N3O5. The molecule has 8 nitrogen and oxygen atoms in total. The summed E-state index contributed by atoms with van der Waals surface area (Å²) in [6.45, 7) is -0.726. The van der Waals surface area contributed by atoms with Crippen molar-refractivity contribution in [2.75, 3.05) is 18.5 Å². The van der Waals surface area contributed by atoms with Gasteiger partial charge >= 0.3 is 6.18 Å². The van der Waals surface area contributed by atoms with E-state index >= 15 is 0 Å². The van der Waals surface area contributed by atoms with Crippen LogP contribution in [-0.2, 0) is 15.7 Å². The molecule has 128 valence electrons. The Morgan fingerprint density at radius 1 is 1.35 bits per heavy atom. The lowest BCUT2D eigenvalue weighted by Gasteiger charge is -2.42. The monoisotopic (exact) mass is 337 g/mol. The topological polar surface area (TPSA) is 117 Å². The Balaban J connectivity index is 1.81. The molecule has 0 radical (unpaired) electrons. The number of nitrogens with zero attached hydrogens (tertiary/aromatic N) is 2. The zero-order chi connectivity index (χ0) is 16.8. The van der Waals surface area contributed by atoms with Gasteiger partial charge in [-0.25, -0.2) is 4.98 Å². The van der Waals surface area contributed by atoms with Gasteiger partial charge < -0.3 is 30.1 Å². The summed E-state index contributed by atoms with van der Waals surface area (Å²) < 4.78 is 48.5. The number of nitrogens with one attached hydrogen (secondary N) is 1. The second kappa shape index (κ2) is 5.53. The Hall–Kier alpha value is -1.53. The minimum absolute atomic E-state index is 0.154. The van der Waals surface area contributed by atoms with E-state index in [-0.39, 0.29) is 12.4 Å². The van der Waals surface area contributed by atoms with Gasteiger partial charge in [0.05, 0.1) is 25.6 Å². The van der Waals surface area contributed by atoms with Gasteiger partial charge in [-0.15, -0.1) is 0 Å². The number of hydrogen-bond acceptors (Lipinski definition) is 8. The van der Waals surface area contributed by atoms with Crippen LogP contribution in [-0.4, -0.2) is 68.6 Å². The number of aliphatic hydroxyl groups is 3. The van der Waals surface area contributed by atoms with Crippen molar-refractivity contribution in [2.24, 2.45) is 0 Å². The number of fused-ring (bicyclic) bond motifs is 2. The minimum Gasteiger partial charge on any atom is -0.393 e. The SMILES string of the molecule is OC[C@@]12CO[C@@H](O1)[C@H](Nc1cncc(C(F)(F)F)n1)[C@@H](O)[C@H]2O. The van der Waals surface area contributed by atoms with Crippen molar-refractivity contribution in [3.8, 4) is 0 Å². The molecule has 1 aromatic rings. The first-order valence-electron chi connectivity index (χ1n) is 6.69. The smallest absolute Gasteiger partial charge is 0.393 e. The molecule has 2 aliphatic heterocycles. The summed E-state index contributed by atoms with van der Waals surface area (Å²) in [6.07, 6.45) is -7.05. The van der Waals surface area contributed by atoms with Gasteiger partial charge in [-0.05, 0) is 0 Å². The van der Waals surface area contributed by atoms with Crippen LogP contribution in [0.25, 0.3) is 0 Å². The number of anilines is 1. The van der Waals surface area contributed by atoms with Gasteiger partial charge in [0, 0.05) is 0 Å². The fourth-order valence-corrected chi connectivity index (χ4v) is 2.60. The van der Waals surface area contributed by atoms with E-state index in [0.29, 0.717) is 6.20 Å². The molecule has 0 saturated carbocycles. The van der Waals surface area contributed by atoms with Crippen LogP contribution >= 0.6 is 0 Å². The summed E-state index contributed by atoms with van der Waals surface area (Å²) >= 11 is 0. The van der Waals surface area contributed by atoms with E-state index in [4.69, 9.17) is 9.47 Å². The van der Waals surface area contributed by atoms with Gasteiger partial charge in [-0.1, -0.05) is 0 Å². The molecule has 0 spiro atoms. The maximum Gasteiger partial charge on any atom is 0.434 e. The van der Waals surface area contributed by atoms with E-state index < -0.39 is 48.6 Å². The summed E-state index contributed by atoms with van der Waals surface area (Å²) in [5.41, 5.74) is -2.65. The van der Waals surface area contributed by atoms with Gasteiger partial charge in [0.25, 0.3) is 0 Å². The molecule has 2 saturated heterocycles. The Kier molecular flexibility index (Phi) is 3.92. The normalized spacial score (nSPS) is 37.0. The zero-order valence-electron chi connectivity index (χ0n) is 11.6. The highest BCUT2D eigenvalue weighted by molar-refractivity contribution is 5.35. The summed E-state index contributed by atoms with van der Waals surface area (Å²) in [5, 5.41) is 32.1. The van der Waals surface area contributed by atoms with E-state index in [1.165, 1.54) is 0 Å². The number of halogens is 3. The van der Waals surface area contributed by atoms with E-state index in [0.717, 1.165) is 6.20 Å². The standard InChI is InChI=1S/C12H14F3N3O5/c13-12(14,15)5-1-16-2-6(17-5)18-7-8(20)9(21)11(3-19)4-22-10(7)23-11/h1-2,7-10,19-21H,3-4H2,(H,17,18)/t7-,8-,9-,10+,11+/m1/s1. The van der Waals surface area contributed by atoms with Crippen molar-refractivity contribution >= 4 is 5.82 Å². The molecule has 2 fully saturated rings. The van der Waals surface area contributed by atoms with Crippen LogP contribution in [0.5, 0.6) is 0 Å². The van der Waals surface area contributed by atoms with Crippen LogP contribution in [0.1, 0.15) is 5.69 Å². The van der Waals surface area contributed by atoms with Gasteiger partial charge in [-0.3, -0.25) is 4.98 Å². The molecule has 2 bridgehead atoms. The molecule has 1 aromatic heterocycles. The average molecular weight is 337 g/mol. The third-order valence-electron chi connectivity index (χ3n) is 3.87. The Labute approximate surface area is 127 Å². The van der Waals surface area contributed by atoms with Gasteiger partial charge in [0.1, 0.15) is 29.7 Å². The largest absolute Gasteiger partial charge is 0.434 e.